The fourth-order valence-electron chi connectivity index (χ4n) is 3.47. The maximum atomic E-state index is 13.2. The van der Waals surface area contributed by atoms with Gasteiger partial charge in [0.1, 0.15) is 5.60 Å². The molecule has 0 aliphatic carbocycles. The van der Waals surface area contributed by atoms with Crippen LogP contribution in [0.4, 0.5) is 36.8 Å². The Hall–Kier alpha value is -3.24. The van der Waals surface area contributed by atoms with Crippen LogP contribution in [0.5, 0.6) is 0 Å². The Morgan fingerprint density at radius 3 is 1.86 bits per heavy atom. The maximum Gasteiger partial charge on any atom is 0.416 e. The number of anilines is 1. The number of nitrogens with one attached hydrogen (secondary N) is 1. The van der Waals surface area contributed by atoms with Crippen LogP contribution >= 0.6 is 0 Å². The lowest BCUT2D eigenvalue weighted by Crippen LogP contribution is -2.38. The Morgan fingerprint density at radius 1 is 0.889 bits per heavy atom. The van der Waals surface area contributed by atoms with Crippen molar-refractivity contribution in [2.24, 2.45) is 0 Å². The van der Waals surface area contributed by atoms with Crippen molar-refractivity contribution >= 4 is 17.6 Å². The number of carbonyl (C=O) groups is 2. The van der Waals surface area contributed by atoms with Gasteiger partial charge in [-0.2, -0.15) is 26.3 Å². The first-order valence-corrected chi connectivity index (χ1v) is 10.9. The molecular formula is C25H28F6N2O3. The van der Waals surface area contributed by atoms with Gasteiger partial charge in [0.25, 0.3) is 0 Å². The quantitative estimate of drug-likeness (QED) is 0.352. The summed E-state index contributed by atoms with van der Waals surface area (Å²) in [7, 11) is 3.46. The van der Waals surface area contributed by atoms with Crippen LogP contribution < -0.4 is 10.2 Å². The Morgan fingerprint density at radius 2 is 1.42 bits per heavy atom. The average Bonchev–Trinajstić information content (AvgIpc) is 2.69. The highest BCUT2D eigenvalue weighted by Crippen LogP contribution is 2.37. The molecule has 198 valence electrons. The van der Waals surface area contributed by atoms with Crippen molar-refractivity contribution in [2.45, 2.75) is 58.1 Å². The van der Waals surface area contributed by atoms with Crippen LogP contribution in [0.3, 0.4) is 0 Å². The topological polar surface area (TPSA) is 58.6 Å². The molecule has 0 saturated heterocycles. The Balaban J connectivity index is 2.45. The van der Waals surface area contributed by atoms with Crippen LogP contribution in [0.15, 0.2) is 36.4 Å². The Bertz CT molecular complexity index is 1090. The van der Waals surface area contributed by atoms with Gasteiger partial charge in [0.15, 0.2) is 5.78 Å². The van der Waals surface area contributed by atoms with Gasteiger partial charge >= 0.3 is 18.4 Å². The van der Waals surface area contributed by atoms with Crippen LogP contribution in [-0.2, 0) is 23.5 Å². The molecule has 1 atom stereocenters. The van der Waals surface area contributed by atoms with Crippen LogP contribution in [-0.4, -0.2) is 37.6 Å². The summed E-state index contributed by atoms with van der Waals surface area (Å²) >= 11 is 0. The van der Waals surface area contributed by atoms with Gasteiger partial charge in [-0.3, -0.25) is 4.79 Å². The molecule has 0 radical (unpaired) electrons. The molecular weight excluding hydrogens is 490 g/mol. The first kappa shape index (κ1) is 29.0. The number of amides is 1. The number of halogens is 6. The summed E-state index contributed by atoms with van der Waals surface area (Å²) in [6.45, 7) is 6.80. The van der Waals surface area contributed by atoms with Crippen LogP contribution in [0.25, 0.3) is 0 Å². The number of benzene rings is 2. The first-order chi connectivity index (χ1) is 16.3. The number of alkyl carbamates (subject to hydrolysis) is 1. The predicted octanol–water partition coefficient (Wildman–Crippen LogP) is 6.48. The zero-order valence-electron chi connectivity index (χ0n) is 20.7. The SMILES string of the molecule is CC(Cc1cc(C(=O)c2cc(C(F)(F)F)cc(C(F)(F)F)c2)ccc1N(C)C)NC(=O)OC(C)(C)C. The minimum absolute atomic E-state index is 0.0264. The highest BCUT2D eigenvalue weighted by molar-refractivity contribution is 6.09. The van der Waals surface area contributed by atoms with E-state index in [2.05, 4.69) is 5.32 Å². The summed E-state index contributed by atoms with van der Waals surface area (Å²) in [5.74, 6) is -0.995. The highest BCUT2D eigenvalue weighted by Gasteiger charge is 2.37. The van der Waals surface area contributed by atoms with Gasteiger partial charge in [-0.1, -0.05) is 0 Å². The molecule has 2 aromatic rings. The van der Waals surface area contributed by atoms with Crippen molar-refractivity contribution in [1.82, 2.24) is 5.32 Å². The van der Waals surface area contributed by atoms with Crippen LogP contribution in [0.1, 0.15) is 60.3 Å². The molecule has 0 bridgehead atoms. The second kappa shape index (κ2) is 10.4. The van der Waals surface area contributed by atoms with Gasteiger partial charge in [-0.05, 0) is 76.1 Å². The molecule has 11 heteroatoms. The van der Waals surface area contributed by atoms with E-state index in [9.17, 15) is 35.9 Å². The molecule has 2 aromatic carbocycles. The van der Waals surface area contributed by atoms with Crippen molar-refractivity contribution in [1.29, 1.82) is 0 Å². The lowest BCUT2D eigenvalue weighted by molar-refractivity contribution is -0.143. The molecule has 36 heavy (non-hydrogen) atoms. The van der Waals surface area contributed by atoms with Crippen molar-refractivity contribution in [3.63, 3.8) is 0 Å². The van der Waals surface area contributed by atoms with E-state index >= 15 is 0 Å². The number of hydrogen-bond acceptors (Lipinski definition) is 4. The lowest BCUT2D eigenvalue weighted by Gasteiger charge is -2.24. The summed E-state index contributed by atoms with van der Waals surface area (Å²) in [5, 5.41) is 2.66. The molecule has 0 heterocycles. The average molecular weight is 518 g/mol. The number of hydrogen-bond donors (Lipinski definition) is 1. The van der Waals surface area contributed by atoms with E-state index in [0.29, 0.717) is 23.4 Å². The van der Waals surface area contributed by atoms with Crippen molar-refractivity contribution in [3.8, 4) is 0 Å². The Kier molecular flexibility index (Phi) is 8.37. The molecule has 0 spiro atoms. The zero-order chi connectivity index (χ0) is 27.6. The number of carbonyl (C=O) groups excluding carboxylic acids is 2. The van der Waals surface area contributed by atoms with Gasteiger partial charge in [0.2, 0.25) is 0 Å². The minimum Gasteiger partial charge on any atom is -0.444 e. The largest absolute Gasteiger partial charge is 0.444 e. The van der Waals surface area contributed by atoms with E-state index < -0.39 is 52.6 Å². The van der Waals surface area contributed by atoms with Crippen molar-refractivity contribution in [2.75, 3.05) is 19.0 Å². The van der Waals surface area contributed by atoms with E-state index in [-0.39, 0.29) is 18.1 Å². The third-order valence-corrected chi connectivity index (χ3v) is 4.96. The van der Waals surface area contributed by atoms with E-state index in [1.807, 2.05) is 0 Å². The summed E-state index contributed by atoms with van der Waals surface area (Å²) in [4.78, 5) is 26.8. The zero-order valence-corrected chi connectivity index (χ0v) is 20.7. The van der Waals surface area contributed by atoms with Gasteiger partial charge in [-0.25, -0.2) is 4.79 Å². The van der Waals surface area contributed by atoms with E-state index in [1.165, 1.54) is 12.1 Å². The lowest BCUT2D eigenvalue weighted by atomic mass is 9.95. The fraction of sp³-hybridized carbons (Fsp3) is 0.440. The number of alkyl halides is 6. The monoisotopic (exact) mass is 518 g/mol. The minimum atomic E-state index is -5.07. The summed E-state index contributed by atoms with van der Waals surface area (Å²) in [5.41, 5.74) is -3.47. The number of ether oxygens (including phenoxy) is 1. The predicted molar refractivity (Wildman–Crippen MR) is 123 cm³/mol. The second-order valence-corrected chi connectivity index (χ2v) is 9.61. The van der Waals surface area contributed by atoms with E-state index in [0.717, 1.165) is 0 Å². The van der Waals surface area contributed by atoms with Crippen LogP contribution in [0.2, 0.25) is 0 Å². The summed E-state index contributed by atoms with van der Waals surface area (Å²) < 4.78 is 84.6. The molecule has 2 rings (SSSR count). The maximum absolute atomic E-state index is 13.2. The molecule has 0 aliphatic heterocycles. The molecule has 1 unspecified atom stereocenters. The number of ketones is 1. The number of nitrogens with zero attached hydrogens (tertiary/aromatic N) is 1. The summed E-state index contributed by atoms with van der Waals surface area (Å²) in [6, 6.07) is 4.60. The molecule has 5 nitrogen and oxygen atoms in total. The molecule has 1 N–H and O–H groups in total. The Labute approximate surface area is 205 Å². The molecule has 0 aliphatic rings. The van der Waals surface area contributed by atoms with Gasteiger partial charge < -0.3 is 15.0 Å². The standard InChI is InChI=1S/C25H28F6N2O3/c1-14(32-22(35)36-23(2,3)4)9-16-10-15(7-8-20(16)33(5)6)21(34)17-11-18(24(26,27)28)13-19(12-17)25(29,30)31/h7-8,10-14H,9H2,1-6H3,(H,32,35). The summed E-state index contributed by atoms with van der Waals surface area (Å²) in [6.07, 6.45) is -10.6. The highest BCUT2D eigenvalue weighted by atomic mass is 19.4. The van der Waals surface area contributed by atoms with Crippen molar-refractivity contribution < 1.29 is 40.7 Å². The number of rotatable bonds is 6. The van der Waals surface area contributed by atoms with Gasteiger partial charge in [0, 0.05) is 37.0 Å². The normalized spacial score (nSPS) is 13.2. The molecule has 0 saturated carbocycles. The third-order valence-electron chi connectivity index (χ3n) is 4.96. The van der Waals surface area contributed by atoms with E-state index in [4.69, 9.17) is 4.74 Å². The van der Waals surface area contributed by atoms with Crippen molar-refractivity contribution in [3.05, 3.63) is 64.2 Å². The molecule has 0 aromatic heterocycles. The van der Waals surface area contributed by atoms with Gasteiger partial charge in [0.05, 0.1) is 11.1 Å². The first-order valence-electron chi connectivity index (χ1n) is 10.9. The third kappa shape index (κ3) is 7.89. The second-order valence-electron chi connectivity index (χ2n) is 9.61. The fourth-order valence-corrected chi connectivity index (χ4v) is 3.47. The van der Waals surface area contributed by atoms with Crippen LogP contribution in [0, 0.1) is 0 Å². The molecule has 0 fully saturated rings. The molecule has 1 amide bonds. The smallest absolute Gasteiger partial charge is 0.416 e. The van der Waals surface area contributed by atoms with Gasteiger partial charge in [-0.15, -0.1) is 0 Å². The van der Waals surface area contributed by atoms with E-state index in [1.54, 1.807) is 52.8 Å².